The van der Waals surface area contributed by atoms with Crippen molar-refractivity contribution < 1.29 is 0 Å². The number of hydrogen-bond acceptors (Lipinski definition) is 1. The molecule has 1 nitrogen and oxygen atoms in total. The lowest BCUT2D eigenvalue weighted by Gasteiger charge is -2.16. The van der Waals surface area contributed by atoms with Crippen molar-refractivity contribution in [1.29, 1.82) is 0 Å². The average molecular weight is 173 g/mol. The molecule has 1 aromatic carbocycles. The molecule has 1 aromatic rings. The summed E-state index contributed by atoms with van der Waals surface area (Å²) in [5.74, 6) is 0. The molecule has 0 unspecified atom stereocenters. The zero-order chi connectivity index (χ0) is 9.26. The van der Waals surface area contributed by atoms with Crippen LogP contribution in [0.5, 0.6) is 0 Å². The van der Waals surface area contributed by atoms with Gasteiger partial charge in [-0.15, -0.1) is 0 Å². The van der Waals surface area contributed by atoms with Gasteiger partial charge in [0.1, 0.15) is 0 Å². The summed E-state index contributed by atoms with van der Waals surface area (Å²) < 4.78 is 0. The van der Waals surface area contributed by atoms with Gasteiger partial charge in [0.25, 0.3) is 0 Å². The van der Waals surface area contributed by atoms with Crippen molar-refractivity contribution >= 4 is 5.70 Å². The van der Waals surface area contributed by atoms with Gasteiger partial charge < -0.3 is 5.73 Å². The normalized spacial score (nSPS) is 15.1. The van der Waals surface area contributed by atoms with Crippen molar-refractivity contribution in [2.75, 3.05) is 0 Å². The Bertz CT molecular complexity index is 339. The summed E-state index contributed by atoms with van der Waals surface area (Å²) in [7, 11) is 0. The van der Waals surface area contributed by atoms with E-state index >= 15 is 0 Å². The van der Waals surface area contributed by atoms with Gasteiger partial charge in [0.05, 0.1) is 0 Å². The largest absolute Gasteiger partial charge is 0.399 e. The number of rotatable bonds is 1. The van der Waals surface area contributed by atoms with Crippen LogP contribution in [0.4, 0.5) is 0 Å². The second kappa shape index (κ2) is 3.25. The van der Waals surface area contributed by atoms with E-state index in [0.29, 0.717) is 5.70 Å². The molecular formula is C12H15N. The van der Waals surface area contributed by atoms with Crippen LogP contribution in [0, 0.1) is 0 Å². The third kappa shape index (κ3) is 1.59. The number of hydrogen-bond donors (Lipinski definition) is 1. The van der Waals surface area contributed by atoms with Crippen LogP contribution in [0.1, 0.15) is 29.5 Å². The van der Waals surface area contributed by atoms with Crippen molar-refractivity contribution in [3.8, 4) is 0 Å². The van der Waals surface area contributed by atoms with Gasteiger partial charge in [0, 0.05) is 5.70 Å². The van der Waals surface area contributed by atoms with Crippen LogP contribution in [-0.4, -0.2) is 0 Å². The Hall–Kier alpha value is -1.24. The van der Waals surface area contributed by atoms with Crippen molar-refractivity contribution in [1.82, 2.24) is 0 Å². The first-order valence-corrected chi connectivity index (χ1v) is 4.84. The van der Waals surface area contributed by atoms with Gasteiger partial charge in [0.15, 0.2) is 0 Å². The van der Waals surface area contributed by atoms with E-state index in [9.17, 15) is 0 Å². The van der Waals surface area contributed by atoms with E-state index in [2.05, 4.69) is 24.8 Å². The molecule has 0 radical (unpaired) electrons. The molecule has 2 N–H and O–H groups in total. The van der Waals surface area contributed by atoms with E-state index in [1.54, 1.807) is 0 Å². The molecule has 0 amide bonds. The van der Waals surface area contributed by atoms with Crippen LogP contribution in [0.15, 0.2) is 24.8 Å². The zero-order valence-electron chi connectivity index (χ0n) is 7.84. The molecular weight excluding hydrogens is 158 g/mol. The fourth-order valence-electron chi connectivity index (χ4n) is 1.93. The SMILES string of the molecule is C=C(N)c1ccc2c(c1)CCCC2. The van der Waals surface area contributed by atoms with Crippen molar-refractivity contribution in [3.05, 3.63) is 41.5 Å². The number of benzene rings is 1. The van der Waals surface area contributed by atoms with Gasteiger partial charge in [-0.3, -0.25) is 0 Å². The maximum Gasteiger partial charge on any atom is 0.0314 e. The summed E-state index contributed by atoms with van der Waals surface area (Å²) in [6.07, 6.45) is 5.08. The molecule has 0 aliphatic heterocycles. The molecule has 68 valence electrons. The summed E-state index contributed by atoms with van der Waals surface area (Å²) in [5.41, 5.74) is 10.4. The van der Waals surface area contributed by atoms with Crippen molar-refractivity contribution in [2.45, 2.75) is 25.7 Å². The number of aryl methyl sites for hydroxylation is 2. The average Bonchev–Trinajstić information content (AvgIpc) is 2.17. The molecule has 0 fully saturated rings. The van der Waals surface area contributed by atoms with Crippen LogP contribution in [0.25, 0.3) is 5.70 Å². The lowest BCUT2D eigenvalue weighted by Crippen LogP contribution is -2.04. The van der Waals surface area contributed by atoms with Gasteiger partial charge in [-0.1, -0.05) is 18.7 Å². The molecule has 0 aromatic heterocycles. The Morgan fingerprint density at radius 2 is 1.85 bits per heavy atom. The summed E-state index contributed by atoms with van der Waals surface area (Å²) in [4.78, 5) is 0. The molecule has 0 heterocycles. The highest BCUT2D eigenvalue weighted by atomic mass is 14.6. The van der Waals surface area contributed by atoms with Gasteiger partial charge in [0.2, 0.25) is 0 Å². The molecule has 1 aliphatic carbocycles. The van der Waals surface area contributed by atoms with Crippen LogP contribution >= 0.6 is 0 Å². The van der Waals surface area contributed by atoms with Crippen LogP contribution in [0.3, 0.4) is 0 Å². The van der Waals surface area contributed by atoms with E-state index in [-0.39, 0.29) is 0 Å². The first-order valence-electron chi connectivity index (χ1n) is 4.84. The smallest absolute Gasteiger partial charge is 0.0314 e. The van der Waals surface area contributed by atoms with Crippen LogP contribution in [-0.2, 0) is 12.8 Å². The highest BCUT2D eigenvalue weighted by Crippen LogP contribution is 2.23. The standard InChI is InChI=1S/C12H15N/c1-9(13)11-7-6-10-4-2-3-5-12(10)8-11/h6-8H,1-5,13H2. The van der Waals surface area contributed by atoms with Gasteiger partial charge in [-0.25, -0.2) is 0 Å². The topological polar surface area (TPSA) is 26.0 Å². The van der Waals surface area contributed by atoms with E-state index in [1.165, 1.54) is 36.8 Å². The number of fused-ring (bicyclic) bond motifs is 1. The van der Waals surface area contributed by atoms with E-state index < -0.39 is 0 Å². The third-order valence-electron chi connectivity index (χ3n) is 2.72. The van der Waals surface area contributed by atoms with Gasteiger partial charge in [-0.2, -0.15) is 0 Å². The quantitative estimate of drug-likeness (QED) is 0.693. The molecule has 0 spiro atoms. The fourth-order valence-corrected chi connectivity index (χ4v) is 1.93. The van der Waals surface area contributed by atoms with E-state index in [1.807, 2.05) is 0 Å². The highest BCUT2D eigenvalue weighted by Gasteiger charge is 2.09. The Kier molecular flexibility index (Phi) is 2.09. The molecule has 1 heteroatoms. The minimum atomic E-state index is 0.674. The second-order valence-corrected chi connectivity index (χ2v) is 3.72. The molecule has 0 saturated carbocycles. The summed E-state index contributed by atoms with van der Waals surface area (Å²) in [6.45, 7) is 3.75. The second-order valence-electron chi connectivity index (χ2n) is 3.72. The molecule has 0 atom stereocenters. The zero-order valence-corrected chi connectivity index (χ0v) is 7.84. The Labute approximate surface area is 79.3 Å². The highest BCUT2D eigenvalue weighted by molar-refractivity contribution is 5.61. The predicted molar refractivity (Wildman–Crippen MR) is 56.3 cm³/mol. The minimum absolute atomic E-state index is 0.674. The lowest BCUT2D eigenvalue weighted by molar-refractivity contribution is 0.685. The summed E-state index contributed by atoms with van der Waals surface area (Å²) in [6, 6.07) is 6.46. The summed E-state index contributed by atoms with van der Waals surface area (Å²) >= 11 is 0. The maximum absolute atomic E-state index is 5.65. The molecule has 1 aliphatic rings. The molecule has 2 rings (SSSR count). The Balaban J connectivity index is 2.40. The van der Waals surface area contributed by atoms with Crippen LogP contribution < -0.4 is 5.73 Å². The predicted octanol–water partition coefficient (Wildman–Crippen LogP) is 2.49. The minimum Gasteiger partial charge on any atom is -0.399 e. The molecule has 13 heavy (non-hydrogen) atoms. The van der Waals surface area contributed by atoms with Gasteiger partial charge >= 0.3 is 0 Å². The van der Waals surface area contributed by atoms with E-state index in [4.69, 9.17) is 5.73 Å². The van der Waals surface area contributed by atoms with Gasteiger partial charge in [-0.05, 0) is 48.4 Å². The molecule has 0 saturated heterocycles. The third-order valence-corrected chi connectivity index (χ3v) is 2.72. The van der Waals surface area contributed by atoms with E-state index in [0.717, 1.165) is 5.56 Å². The van der Waals surface area contributed by atoms with Crippen molar-refractivity contribution in [2.24, 2.45) is 5.73 Å². The Morgan fingerprint density at radius 1 is 1.15 bits per heavy atom. The summed E-state index contributed by atoms with van der Waals surface area (Å²) in [5, 5.41) is 0. The lowest BCUT2D eigenvalue weighted by atomic mass is 9.90. The fraction of sp³-hybridized carbons (Fsp3) is 0.333. The molecule has 0 bridgehead atoms. The Morgan fingerprint density at radius 3 is 2.54 bits per heavy atom. The maximum atomic E-state index is 5.65. The first kappa shape index (κ1) is 8.36. The monoisotopic (exact) mass is 173 g/mol. The first-order chi connectivity index (χ1) is 6.27. The van der Waals surface area contributed by atoms with Crippen LogP contribution in [0.2, 0.25) is 0 Å². The van der Waals surface area contributed by atoms with Crippen molar-refractivity contribution in [3.63, 3.8) is 0 Å². The number of nitrogens with two attached hydrogens (primary N) is 1.